The molecule has 2 aliphatic rings. The molecule has 1 saturated heterocycles. The Morgan fingerprint density at radius 3 is 2.56 bits per heavy atom. The molecule has 196 valence electrons. The lowest BCUT2D eigenvalue weighted by Gasteiger charge is -2.26. The second kappa shape index (κ2) is 12.1. The van der Waals surface area contributed by atoms with Crippen molar-refractivity contribution in [2.24, 2.45) is 5.92 Å². The third-order valence-corrected chi connectivity index (χ3v) is 9.13. The second-order valence-electron chi connectivity index (χ2n) is 10.2. The number of nitrogens with zero attached hydrogens (tertiary/aromatic N) is 5. The number of benzene rings is 1. The van der Waals surface area contributed by atoms with Crippen molar-refractivity contribution in [2.45, 2.75) is 84.5 Å². The van der Waals surface area contributed by atoms with Crippen molar-refractivity contribution in [1.82, 2.24) is 24.2 Å². The van der Waals surface area contributed by atoms with Gasteiger partial charge in [-0.2, -0.15) is 4.31 Å². The first-order valence-corrected chi connectivity index (χ1v) is 14.9. The molecule has 1 unspecified atom stereocenters. The van der Waals surface area contributed by atoms with E-state index >= 15 is 0 Å². The van der Waals surface area contributed by atoms with Crippen LogP contribution in [0.3, 0.4) is 0 Å². The molecule has 2 fully saturated rings. The molecular weight excluding hydrogens is 474 g/mol. The van der Waals surface area contributed by atoms with Gasteiger partial charge in [-0.05, 0) is 43.2 Å². The van der Waals surface area contributed by atoms with Gasteiger partial charge in [0.25, 0.3) is 0 Å². The van der Waals surface area contributed by atoms with Gasteiger partial charge in [-0.1, -0.05) is 74.2 Å². The number of amides is 1. The molecule has 0 N–H and O–H groups in total. The summed E-state index contributed by atoms with van der Waals surface area (Å²) in [4.78, 5) is 14.9. The van der Waals surface area contributed by atoms with Crippen LogP contribution >= 0.6 is 0 Å². The zero-order chi connectivity index (χ0) is 25.5. The summed E-state index contributed by atoms with van der Waals surface area (Å²) in [5.74, 6) is 0.335. The fraction of sp³-hybridized carbons (Fsp3) is 0.593. The molecule has 1 aromatic carbocycles. The summed E-state index contributed by atoms with van der Waals surface area (Å²) in [6, 6.07) is 7.07. The van der Waals surface area contributed by atoms with Crippen LogP contribution in [0.2, 0.25) is 0 Å². The highest BCUT2D eigenvalue weighted by atomic mass is 32.2. The predicted molar refractivity (Wildman–Crippen MR) is 141 cm³/mol. The molecule has 4 rings (SSSR count). The van der Waals surface area contributed by atoms with Crippen molar-refractivity contribution in [3.8, 4) is 0 Å². The summed E-state index contributed by atoms with van der Waals surface area (Å²) in [5.41, 5.74) is 2.65. The van der Waals surface area contributed by atoms with E-state index in [1.807, 2.05) is 35.1 Å². The Bertz CT molecular complexity index is 1140. The normalized spacial score (nSPS) is 21.8. The molecule has 2 heterocycles. The Balaban J connectivity index is 1.40. The van der Waals surface area contributed by atoms with Gasteiger partial charge in [0.15, 0.2) is 0 Å². The van der Waals surface area contributed by atoms with E-state index in [2.05, 4.69) is 29.4 Å². The Morgan fingerprint density at radius 1 is 1.08 bits per heavy atom. The SMILES string of the molecule is CCC/C=C/c1ccc(CN2C(C)C(=O)N(Cc3cn(CC4CCCCC4)nn3)CCS2(=O)=O)cc1. The number of hydrogen-bond donors (Lipinski definition) is 0. The predicted octanol–water partition coefficient (Wildman–Crippen LogP) is 4.23. The third-order valence-electron chi connectivity index (χ3n) is 7.27. The summed E-state index contributed by atoms with van der Waals surface area (Å²) in [7, 11) is -3.59. The number of aromatic nitrogens is 3. The van der Waals surface area contributed by atoms with Gasteiger partial charge in [0, 0.05) is 19.6 Å². The summed E-state index contributed by atoms with van der Waals surface area (Å²) in [5, 5.41) is 8.54. The van der Waals surface area contributed by atoms with Crippen LogP contribution in [0.4, 0.5) is 0 Å². The van der Waals surface area contributed by atoms with Crippen LogP contribution < -0.4 is 0 Å². The maximum atomic E-state index is 13.3. The Morgan fingerprint density at radius 2 is 1.83 bits per heavy atom. The monoisotopic (exact) mass is 513 g/mol. The maximum absolute atomic E-state index is 13.3. The molecule has 1 aromatic heterocycles. The van der Waals surface area contributed by atoms with E-state index in [0.717, 1.165) is 30.5 Å². The second-order valence-corrected chi connectivity index (χ2v) is 12.2. The van der Waals surface area contributed by atoms with Gasteiger partial charge in [-0.25, -0.2) is 8.42 Å². The minimum atomic E-state index is -3.59. The molecule has 1 saturated carbocycles. The average molecular weight is 514 g/mol. The standard InChI is InChI=1S/C27H39N5O3S/c1-3-4-6-9-23-12-14-25(15-13-23)19-32-22(2)27(33)30(16-17-36(32,34)35)20-26-21-31(29-28-26)18-24-10-7-5-8-11-24/h6,9,12-15,21-22,24H,3-5,7-8,10-11,16-20H2,1-2H3/b9-6+. The Kier molecular flexibility index (Phi) is 8.95. The summed E-state index contributed by atoms with van der Waals surface area (Å²) in [6.45, 7) is 5.28. The van der Waals surface area contributed by atoms with Crippen LogP contribution in [-0.4, -0.2) is 56.9 Å². The van der Waals surface area contributed by atoms with Crippen molar-refractivity contribution in [1.29, 1.82) is 0 Å². The maximum Gasteiger partial charge on any atom is 0.241 e. The summed E-state index contributed by atoms with van der Waals surface area (Å²) in [6.07, 6.45) is 14.6. The number of carbonyl (C=O) groups excluding carboxylic acids is 1. The molecule has 0 bridgehead atoms. The molecule has 0 radical (unpaired) electrons. The van der Waals surface area contributed by atoms with Crippen molar-refractivity contribution in [2.75, 3.05) is 12.3 Å². The molecule has 8 nitrogen and oxygen atoms in total. The minimum Gasteiger partial charge on any atom is -0.334 e. The zero-order valence-electron chi connectivity index (χ0n) is 21.6. The van der Waals surface area contributed by atoms with E-state index in [1.165, 1.54) is 36.4 Å². The van der Waals surface area contributed by atoms with E-state index in [9.17, 15) is 13.2 Å². The zero-order valence-corrected chi connectivity index (χ0v) is 22.4. The highest BCUT2D eigenvalue weighted by Crippen LogP contribution is 2.25. The first kappa shape index (κ1) is 26.5. The number of hydrogen-bond acceptors (Lipinski definition) is 5. The van der Waals surface area contributed by atoms with Crippen molar-refractivity contribution < 1.29 is 13.2 Å². The molecule has 1 aliphatic heterocycles. The molecule has 1 amide bonds. The van der Waals surface area contributed by atoms with Crippen LogP contribution in [-0.2, 0) is 34.5 Å². The topological polar surface area (TPSA) is 88.4 Å². The average Bonchev–Trinajstić information content (AvgIpc) is 3.29. The lowest BCUT2D eigenvalue weighted by atomic mass is 9.89. The van der Waals surface area contributed by atoms with E-state index in [0.29, 0.717) is 11.6 Å². The van der Waals surface area contributed by atoms with Crippen molar-refractivity contribution in [3.05, 3.63) is 53.4 Å². The van der Waals surface area contributed by atoms with E-state index < -0.39 is 16.1 Å². The Hall–Kier alpha value is -2.52. The van der Waals surface area contributed by atoms with Gasteiger partial charge < -0.3 is 4.90 Å². The lowest BCUT2D eigenvalue weighted by Crippen LogP contribution is -2.45. The number of allylic oxidation sites excluding steroid dienone is 1. The minimum absolute atomic E-state index is 0.100. The number of unbranched alkanes of at least 4 members (excludes halogenated alkanes) is 1. The summed E-state index contributed by atoms with van der Waals surface area (Å²) < 4.78 is 29.5. The van der Waals surface area contributed by atoms with Gasteiger partial charge in [0.1, 0.15) is 11.7 Å². The molecule has 36 heavy (non-hydrogen) atoms. The first-order valence-electron chi connectivity index (χ1n) is 13.3. The molecule has 2 aromatic rings. The van der Waals surface area contributed by atoms with Gasteiger partial charge in [0.05, 0.1) is 18.5 Å². The fourth-order valence-electron chi connectivity index (χ4n) is 5.10. The molecular formula is C27H39N5O3S. The van der Waals surface area contributed by atoms with E-state index in [-0.39, 0.29) is 31.3 Å². The van der Waals surface area contributed by atoms with Gasteiger partial charge >= 0.3 is 0 Å². The van der Waals surface area contributed by atoms with Crippen LogP contribution in [0.1, 0.15) is 75.6 Å². The van der Waals surface area contributed by atoms with E-state index in [4.69, 9.17) is 0 Å². The first-order chi connectivity index (χ1) is 17.4. The fourth-order valence-corrected chi connectivity index (χ4v) is 6.71. The van der Waals surface area contributed by atoms with Crippen molar-refractivity contribution in [3.63, 3.8) is 0 Å². The van der Waals surface area contributed by atoms with E-state index in [1.54, 1.807) is 11.8 Å². The van der Waals surface area contributed by atoms with Crippen LogP contribution in [0.15, 0.2) is 36.5 Å². The summed E-state index contributed by atoms with van der Waals surface area (Å²) >= 11 is 0. The van der Waals surface area contributed by atoms with Crippen molar-refractivity contribution >= 4 is 22.0 Å². The molecule has 9 heteroatoms. The molecule has 1 aliphatic carbocycles. The quantitative estimate of drug-likeness (QED) is 0.501. The Labute approximate surface area is 215 Å². The molecule has 0 spiro atoms. The third kappa shape index (κ3) is 6.82. The largest absolute Gasteiger partial charge is 0.334 e. The molecule has 1 atom stereocenters. The lowest BCUT2D eigenvalue weighted by molar-refractivity contribution is -0.134. The number of sulfonamides is 1. The van der Waals surface area contributed by atoms with Gasteiger partial charge in [0.2, 0.25) is 15.9 Å². The highest BCUT2D eigenvalue weighted by molar-refractivity contribution is 7.89. The van der Waals surface area contributed by atoms with Crippen LogP contribution in [0, 0.1) is 5.92 Å². The van der Waals surface area contributed by atoms with Crippen LogP contribution in [0.5, 0.6) is 0 Å². The number of rotatable bonds is 9. The highest BCUT2D eigenvalue weighted by Gasteiger charge is 2.38. The van der Waals surface area contributed by atoms with Gasteiger partial charge in [-0.3, -0.25) is 9.48 Å². The number of carbonyl (C=O) groups is 1. The smallest absolute Gasteiger partial charge is 0.241 e. The van der Waals surface area contributed by atoms with Crippen LogP contribution in [0.25, 0.3) is 6.08 Å². The van der Waals surface area contributed by atoms with Gasteiger partial charge in [-0.15, -0.1) is 5.10 Å².